The molecule has 3 N–H and O–H groups in total. The third-order valence-corrected chi connectivity index (χ3v) is 7.37. The van der Waals surface area contributed by atoms with Crippen LogP contribution in [0.4, 0.5) is 11.4 Å². The minimum atomic E-state index is -0.162. The summed E-state index contributed by atoms with van der Waals surface area (Å²) >= 11 is 6.39. The zero-order valence-corrected chi connectivity index (χ0v) is 22.9. The van der Waals surface area contributed by atoms with Crippen LogP contribution in [0.2, 0.25) is 5.02 Å². The van der Waals surface area contributed by atoms with Crippen LogP contribution in [-0.4, -0.2) is 83.9 Å². The summed E-state index contributed by atoms with van der Waals surface area (Å²) in [5.74, 6) is 0.320. The van der Waals surface area contributed by atoms with E-state index >= 15 is 0 Å². The number of anilines is 2. The Morgan fingerprint density at radius 3 is 2.92 bits per heavy atom. The number of benzene rings is 1. The average molecular weight is 564 g/mol. The molecule has 0 unspecified atom stereocenters. The van der Waals surface area contributed by atoms with Gasteiger partial charge in [0.1, 0.15) is 11.0 Å². The van der Waals surface area contributed by atoms with E-state index in [1.807, 2.05) is 18.2 Å². The van der Waals surface area contributed by atoms with Crippen LogP contribution in [0.3, 0.4) is 0 Å². The molecule has 0 bridgehead atoms. The van der Waals surface area contributed by atoms with E-state index in [9.17, 15) is 4.79 Å². The van der Waals surface area contributed by atoms with E-state index in [4.69, 9.17) is 30.8 Å². The highest BCUT2D eigenvalue weighted by Crippen LogP contribution is 2.42. The van der Waals surface area contributed by atoms with Crippen molar-refractivity contribution in [1.29, 1.82) is 0 Å². The Balaban J connectivity index is 1.34. The van der Waals surface area contributed by atoms with Crippen LogP contribution in [0.1, 0.15) is 22.5 Å². The first-order chi connectivity index (χ1) is 19.6. The van der Waals surface area contributed by atoms with Crippen molar-refractivity contribution in [2.45, 2.75) is 12.8 Å². The van der Waals surface area contributed by atoms with Crippen molar-refractivity contribution >= 4 is 39.9 Å². The van der Waals surface area contributed by atoms with Crippen LogP contribution in [0.5, 0.6) is 11.8 Å². The third-order valence-electron chi connectivity index (χ3n) is 7.08. The monoisotopic (exact) mass is 563 g/mol. The summed E-state index contributed by atoms with van der Waals surface area (Å²) in [6.07, 6.45) is 4.88. The molecule has 4 aromatic rings. The fourth-order valence-corrected chi connectivity index (χ4v) is 5.38. The molecule has 2 aliphatic heterocycles. The first kappa shape index (κ1) is 26.3. The molecule has 11 nitrogen and oxygen atoms in total. The highest BCUT2D eigenvalue weighted by molar-refractivity contribution is 6.32. The minimum absolute atomic E-state index is 0.162. The van der Waals surface area contributed by atoms with Crippen molar-refractivity contribution in [2.75, 3.05) is 58.4 Å². The number of fused-ring (bicyclic) bond motifs is 2. The Kier molecular flexibility index (Phi) is 7.67. The number of ether oxygens (including phenoxy) is 3. The number of pyridine rings is 1. The number of nitrogens with one attached hydrogen (secondary N) is 3. The quantitative estimate of drug-likeness (QED) is 0.260. The predicted octanol–water partition coefficient (Wildman–Crippen LogP) is 3.81. The Morgan fingerprint density at radius 2 is 2.08 bits per heavy atom. The predicted molar refractivity (Wildman–Crippen MR) is 152 cm³/mol. The number of H-pyrrole nitrogens is 1. The Hall–Kier alpha value is -3.93. The number of hydrogen-bond donors (Lipinski definition) is 3. The van der Waals surface area contributed by atoms with Crippen LogP contribution >= 0.6 is 11.6 Å². The van der Waals surface area contributed by atoms with Crippen LogP contribution < -0.4 is 20.1 Å². The van der Waals surface area contributed by atoms with Gasteiger partial charge in [-0.25, -0.2) is 4.98 Å². The molecular weight excluding hydrogens is 534 g/mol. The van der Waals surface area contributed by atoms with Crippen LogP contribution in [-0.2, 0) is 11.2 Å². The molecular formula is C28H30ClN7O4. The lowest BCUT2D eigenvalue weighted by Crippen LogP contribution is -2.37. The van der Waals surface area contributed by atoms with Gasteiger partial charge < -0.3 is 29.8 Å². The highest BCUT2D eigenvalue weighted by atomic mass is 35.5. The highest BCUT2D eigenvalue weighted by Gasteiger charge is 2.28. The van der Waals surface area contributed by atoms with Gasteiger partial charge in [0.15, 0.2) is 5.75 Å². The van der Waals surface area contributed by atoms with Gasteiger partial charge in [-0.05, 0) is 24.6 Å². The second-order valence-electron chi connectivity index (χ2n) is 9.58. The zero-order valence-electron chi connectivity index (χ0n) is 22.1. The molecule has 40 heavy (non-hydrogen) atoms. The number of hydrogen-bond acceptors (Lipinski definition) is 9. The molecule has 0 saturated carbocycles. The van der Waals surface area contributed by atoms with E-state index in [-0.39, 0.29) is 11.9 Å². The Bertz CT molecular complexity index is 1540. The Labute approximate surface area is 236 Å². The second-order valence-corrected chi connectivity index (χ2v) is 9.99. The zero-order chi connectivity index (χ0) is 27.5. The third kappa shape index (κ3) is 5.27. The molecule has 1 amide bonds. The van der Waals surface area contributed by atoms with Crippen molar-refractivity contribution < 1.29 is 19.0 Å². The first-order valence-corrected chi connectivity index (χ1v) is 13.7. The number of nitrogens with zero attached hydrogens (tertiary/aromatic N) is 4. The van der Waals surface area contributed by atoms with Gasteiger partial charge in [-0.2, -0.15) is 4.98 Å². The maximum Gasteiger partial charge on any atom is 0.317 e. The summed E-state index contributed by atoms with van der Waals surface area (Å²) in [5, 5.41) is 6.81. The molecule has 5 heterocycles. The molecule has 208 valence electrons. The average Bonchev–Trinajstić information content (AvgIpc) is 3.35. The molecule has 6 rings (SSSR count). The van der Waals surface area contributed by atoms with Gasteiger partial charge in [-0.15, -0.1) is 0 Å². The normalized spacial score (nSPS) is 15.5. The summed E-state index contributed by atoms with van der Waals surface area (Å²) < 4.78 is 16.9. The van der Waals surface area contributed by atoms with Crippen molar-refractivity contribution in [2.24, 2.45) is 0 Å². The van der Waals surface area contributed by atoms with Gasteiger partial charge in [0.25, 0.3) is 5.91 Å². The number of rotatable bonds is 9. The topological polar surface area (TPSA) is 127 Å². The molecule has 3 aromatic heterocycles. The fourth-order valence-electron chi connectivity index (χ4n) is 5.13. The van der Waals surface area contributed by atoms with Crippen molar-refractivity contribution in [3.05, 3.63) is 52.9 Å². The summed E-state index contributed by atoms with van der Waals surface area (Å²) in [4.78, 5) is 32.5. The van der Waals surface area contributed by atoms with Gasteiger partial charge in [0.05, 0.1) is 60.8 Å². The van der Waals surface area contributed by atoms with Gasteiger partial charge in [-0.1, -0.05) is 17.7 Å². The van der Waals surface area contributed by atoms with E-state index in [0.29, 0.717) is 64.0 Å². The van der Waals surface area contributed by atoms with Crippen LogP contribution in [0.25, 0.3) is 22.3 Å². The van der Waals surface area contributed by atoms with Gasteiger partial charge in [0.2, 0.25) is 0 Å². The lowest BCUT2D eigenvalue weighted by Gasteiger charge is -2.26. The summed E-state index contributed by atoms with van der Waals surface area (Å²) in [5.41, 5.74) is 5.30. The maximum absolute atomic E-state index is 13.0. The van der Waals surface area contributed by atoms with E-state index in [2.05, 4.69) is 30.5 Å². The number of methoxy groups -OCH3 is 1. The maximum atomic E-state index is 13.0. The van der Waals surface area contributed by atoms with E-state index in [1.54, 1.807) is 25.6 Å². The van der Waals surface area contributed by atoms with Crippen molar-refractivity contribution in [3.63, 3.8) is 0 Å². The first-order valence-electron chi connectivity index (χ1n) is 13.3. The van der Waals surface area contributed by atoms with Gasteiger partial charge in [0, 0.05) is 50.1 Å². The number of aromatic nitrogens is 4. The SMILES string of the molecule is COc1c(Cl)cccc1Nc1c(-c2ccnc3cnc(OCCCN4CCOCC4)nc23)[nH]c2c1C(=O)NCC2. The van der Waals surface area contributed by atoms with Crippen LogP contribution in [0.15, 0.2) is 36.7 Å². The molecule has 1 saturated heterocycles. The molecule has 0 aliphatic carbocycles. The molecule has 0 radical (unpaired) electrons. The largest absolute Gasteiger partial charge is 0.493 e. The second kappa shape index (κ2) is 11.7. The van der Waals surface area contributed by atoms with E-state index < -0.39 is 0 Å². The minimum Gasteiger partial charge on any atom is -0.493 e. The number of amides is 1. The van der Waals surface area contributed by atoms with Gasteiger partial charge >= 0.3 is 6.01 Å². The van der Waals surface area contributed by atoms with Crippen molar-refractivity contribution in [1.82, 2.24) is 30.2 Å². The van der Waals surface area contributed by atoms with Crippen molar-refractivity contribution in [3.8, 4) is 23.0 Å². The standard InChI is InChI=1S/C28H30ClN7O4/c1-38-26-18(29)4-2-5-20(26)34-25-22-19(7-9-31-27(22)37)33-24(25)17-6-8-30-21-16-32-28(35-23(17)21)40-13-3-10-36-11-14-39-15-12-36/h2,4-6,8,16,33-34H,3,7,9-15H2,1H3,(H,31,37). The summed E-state index contributed by atoms with van der Waals surface area (Å²) in [6.45, 7) is 5.41. The number of morpholine rings is 1. The Morgan fingerprint density at radius 1 is 1.20 bits per heavy atom. The number of carbonyl (C=O) groups is 1. The molecule has 0 atom stereocenters. The van der Waals surface area contributed by atoms with Crippen LogP contribution in [0, 0.1) is 0 Å². The van der Waals surface area contributed by atoms with Gasteiger partial charge in [-0.3, -0.25) is 14.7 Å². The number of halogens is 1. The lowest BCUT2D eigenvalue weighted by molar-refractivity contribution is 0.0356. The number of carbonyl (C=O) groups excluding carboxylic acids is 1. The lowest BCUT2D eigenvalue weighted by atomic mass is 10.0. The molecule has 1 aromatic carbocycles. The summed E-state index contributed by atoms with van der Waals surface area (Å²) in [7, 11) is 1.56. The van der Waals surface area contributed by atoms with E-state index in [1.165, 1.54) is 0 Å². The molecule has 1 fully saturated rings. The molecule has 0 spiro atoms. The smallest absolute Gasteiger partial charge is 0.317 e. The number of para-hydroxylation sites is 1. The van der Waals surface area contributed by atoms with E-state index in [0.717, 1.165) is 50.5 Å². The summed E-state index contributed by atoms with van der Waals surface area (Å²) in [6, 6.07) is 7.58. The number of aromatic amines is 1. The molecule has 2 aliphatic rings. The molecule has 12 heteroatoms. The fraction of sp³-hybridized carbons (Fsp3) is 0.357.